The number of nitrogens with two attached hydrogens (primary N) is 1. The number of carbonyl (C=O) groups excluding carboxylic acids is 1. The van der Waals surface area contributed by atoms with Gasteiger partial charge in [0.05, 0.1) is 10.0 Å². The predicted molar refractivity (Wildman–Crippen MR) is 83.5 cm³/mol. The largest absolute Gasteiger partial charge is 0.379 e. The second-order valence-electron chi connectivity index (χ2n) is 4.48. The molecule has 1 amide bonds. The Morgan fingerprint density at radius 1 is 1.10 bits per heavy atom. The minimum atomic E-state index is -0.436. The maximum absolute atomic E-state index is 11.0. The van der Waals surface area contributed by atoms with Crippen molar-refractivity contribution in [3.8, 4) is 0 Å². The molecule has 1 unspecified atom stereocenters. The van der Waals surface area contributed by atoms with Crippen LogP contribution in [0.2, 0.25) is 10.0 Å². The van der Waals surface area contributed by atoms with Crippen LogP contribution in [-0.4, -0.2) is 5.91 Å². The summed E-state index contributed by atoms with van der Waals surface area (Å²) in [5, 5.41) is 4.38. The molecule has 2 rings (SSSR count). The lowest BCUT2D eigenvalue weighted by molar-refractivity contribution is 0.100. The summed E-state index contributed by atoms with van der Waals surface area (Å²) >= 11 is 11.9. The van der Waals surface area contributed by atoms with Gasteiger partial charge < -0.3 is 11.1 Å². The summed E-state index contributed by atoms with van der Waals surface area (Å²) < 4.78 is 0. The molecular formula is C15H14Cl2N2O. The van der Waals surface area contributed by atoms with Gasteiger partial charge >= 0.3 is 0 Å². The first-order valence-electron chi connectivity index (χ1n) is 6.08. The Balaban J connectivity index is 2.12. The van der Waals surface area contributed by atoms with E-state index in [4.69, 9.17) is 28.9 Å². The minimum absolute atomic E-state index is 0.0594. The second kappa shape index (κ2) is 6.16. The van der Waals surface area contributed by atoms with Gasteiger partial charge in [-0.1, -0.05) is 29.3 Å². The smallest absolute Gasteiger partial charge is 0.248 e. The summed E-state index contributed by atoms with van der Waals surface area (Å²) in [6.45, 7) is 2.02. The Morgan fingerprint density at radius 3 is 2.30 bits per heavy atom. The number of hydrogen-bond donors (Lipinski definition) is 2. The van der Waals surface area contributed by atoms with Crippen LogP contribution >= 0.6 is 23.2 Å². The maximum Gasteiger partial charge on any atom is 0.248 e. The molecule has 0 aliphatic heterocycles. The summed E-state index contributed by atoms with van der Waals surface area (Å²) in [6, 6.07) is 12.6. The van der Waals surface area contributed by atoms with Gasteiger partial charge in [0, 0.05) is 17.3 Å². The van der Waals surface area contributed by atoms with Gasteiger partial charge in [0.15, 0.2) is 0 Å². The highest BCUT2D eigenvalue weighted by atomic mass is 35.5. The van der Waals surface area contributed by atoms with Gasteiger partial charge in [-0.3, -0.25) is 4.79 Å². The molecule has 5 heteroatoms. The average Bonchev–Trinajstić information content (AvgIpc) is 2.42. The maximum atomic E-state index is 11.0. The molecule has 2 aromatic rings. The third-order valence-corrected chi connectivity index (χ3v) is 3.74. The summed E-state index contributed by atoms with van der Waals surface area (Å²) in [6.07, 6.45) is 0. The van der Waals surface area contributed by atoms with Crippen molar-refractivity contribution < 1.29 is 4.79 Å². The number of rotatable bonds is 4. The lowest BCUT2D eigenvalue weighted by Crippen LogP contribution is -2.11. The van der Waals surface area contributed by atoms with Crippen LogP contribution in [0.25, 0.3) is 0 Å². The lowest BCUT2D eigenvalue weighted by atomic mass is 10.1. The standard InChI is InChI=1S/C15H14Cl2N2O/c1-9(11-4-7-13(16)14(17)8-11)19-12-5-2-10(3-6-12)15(18)20/h2-9,19H,1H3,(H2,18,20). The van der Waals surface area contributed by atoms with Crippen molar-refractivity contribution in [2.45, 2.75) is 13.0 Å². The van der Waals surface area contributed by atoms with Crippen LogP contribution < -0.4 is 11.1 Å². The molecule has 3 N–H and O–H groups in total. The Kier molecular flexibility index (Phi) is 4.53. The first-order valence-corrected chi connectivity index (χ1v) is 6.84. The molecule has 0 saturated heterocycles. The number of primary amides is 1. The number of amides is 1. The number of nitrogens with one attached hydrogen (secondary N) is 1. The normalized spacial score (nSPS) is 11.9. The molecule has 0 spiro atoms. The zero-order valence-corrected chi connectivity index (χ0v) is 12.4. The molecular weight excluding hydrogens is 295 g/mol. The van der Waals surface area contributed by atoms with Crippen molar-refractivity contribution in [3.05, 3.63) is 63.6 Å². The SMILES string of the molecule is CC(Nc1ccc(C(N)=O)cc1)c1ccc(Cl)c(Cl)c1. The molecule has 0 radical (unpaired) electrons. The zero-order chi connectivity index (χ0) is 14.7. The fraction of sp³-hybridized carbons (Fsp3) is 0.133. The molecule has 0 saturated carbocycles. The van der Waals surface area contributed by atoms with Crippen LogP contribution in [0.15, 0.2) is 42.5 Å². The summed E-state index contributed by atoms with van der Waals surface area (Å²) in [5.41, 5.74) is 7.61. The molecule has 1 atom stereocenters. The molecule has 104 valence electrons. The van der Waals surface area contributed by atoms with Crippen LogP contribution in [0.4, 0.5) is 5.69 Å². The molecule has 0 aliphatic rings. The predicted octanol–water partition coefficient (Wildman–Crippen LogP) is 4.27. The topological polar surface area (TPSA) is 55.1 Å². The number of halogens is 2. The van der Waals surface area contributed by atoms with Crippen molar-refractivity contribution in [1.29, 1.82) is 0 Å². The fourth-order valence-corrected chi connectivity index (χ4v) is 2.15. The van der Waals surface area contributed by atoms with Crippen LogP contribution in [0.5, 0.6) is 0 Å². The quantitative estimate of drug-likeness (QED) is 0.886. The van der Waals surface area contributed by atoms with Crippen LogP contribution in [0, 0.1) is 0 Å². The van der Waals surface area contributed by atoms with E-state index in [1.54, 1.807) is 18.2 Å². The Bertz CT molecular complexity index is 626. The van der Waals surface area contributed by atoms with Gasteiger partial charge in [-0.2, -0.15) is 0 Å². The summed E-state index contributed by atoms with van der Waals surface area (Å²) in [5.74, 6) is -0.436. The minimum Gasteiger partial charge on any atom is -0.379 e. The van der Waals surface area contributed by atoms with Crippen molar-refractivity contribution in [3.63, 3.8) is 0 Å². The summed E-state index contributed by atoms with van der Waals surface area (Å²) in [7, 11) is 0. The highest BCUT2D eigenvalue weighted by Gasteiger charge is 2.08. The van der Waals surface area contributed by atoms with Crippen molar-refractivity contribution in [2.24, 2.45) is 5.73 Å². The van der Waals surface area contributed by atoms with E-state index in [-0.39, 0.29) is 6.04 Å². The first kappa shape index (κ1) is 14.7. The van der Waals surface area contributed by atoms with Crippen molar-refractivity contribution in [1.82, 2.24) is 0 Å². The third-order valence-electron chi connectivity index (χ3n) is 3.00. The molecule has 3 nitrogen and oxygen atoms in total. The third kappa shape index (κ3) is 3.44. The van der Waals surface area contributed by atoms with E-state index in [1.165, 1.54) is 0 Å². The zero-order valence-electron chi connectivity index (χ0n) is 10.9. The molecule has 0 bridgehead atoms. The molecule has 20 heavy (non-hydrogen) atoms. The van der Waals surface area contributed by atoms with Crippen molar-refractivity contribution in [2.75, 3.05) is 5.32 Å². The van der Waals surface area contributed by atoms with Gasteiger partial charge in [0.1, 0.15) is 0 Å². The number of carbonyl (C=O) groups is 1. The monoisotopic (exact) mass is 308 g/mol. The van der Waals surface area contributed by atoms with Crippen LogP contribution in [0.1, 0.15) is 28.9 Å². The van der Waals surface area contributed by atoms with Gasteiger partial charge in [-0.25, -0.2) is 0 Å². The van der Waals surface area contributed by atoms with E-state index in [2.05, 4.69) is 5.32 Å². The van der Waals surface area contributed by atoms with Gasteiger partial charge in [-0.05, 0) is 48.9 Å². The fourth-order valence-electron chi connectivity index (χ4n) is 1.85. The average molecular weight is 309 g/mol. The van der Waals surface area contributed by atoms with E-state index in [9.17, 15) is 4.79 Å². The highest BCUT2D eigenvalue weighted by molar-refractivity contribution is 6.42. The second-order valence-corrected chi connectivity index (χ2v) is 5.30. The molecule has 0 heterocycles. The van der Waals surface area contributed by atoms with E-state index in [0.29, 0.717) is 15.6 Å². The van der Waals surface area contributed by atoms with Gasteiger partial charge in [0.25, 0.3) is 0 Å². The molecule has 0 fully saturated rings. The number of anilines is 1. The Hall–Kier alpha value is -1.71. The van der Waals surface area contributed by atoms with E-state index in [1.807, 2.05) is 31.2 Å². The summed E-state index contributed by atoms with van der Waals surface area (Å²) in [4.78, 5) is 11.0. The number of hydrogen-bond acceptors (Lipinski definition) is 2. The van der Waals surface area contributed by atoms with Crippen molar-refractivity contribution >= 4 is 34.8 Å². The molecule has 0 aliphatic carbocycles. The lowest BCUT2D eigenvalue weighted by Gasteiger charge is -2.16. The van der Waals surface area contributed by atoms with Gasteiger partial charge in [0.2, 0.25) is 5.91 Å². The van der Waals surface area contributed by atoms with Crippen LogP contribution in [0.3, 0.4) is 0 Å². The number of benzene rings is 2. The Morgan fingerprint density at radius 2 is 1.75 bits per heavy atom. The molecule has 2 aromatic carbocycles. The Labute approximate surface area is 127 Å². The van der Waals surface area contributed by atoms with E-state index >= 15 is 0 Å². The van der Waals surface area contributed by atoms with Gasteiger partial charge in [-0.15, -0.1) is 0 Å². The van der Waals surface area contributed by atoms with E-state index < -0.39 is 5.91 Å². The van der Waals surface area contributed by atoms with E-state index in [0.717, 1.165) is 11.3 Å². The van der Waals surface area contributed by atoms with Crippen LogP contribution in [-0.2, 0) is 0 Å². The highest BCUT2D eigenvalue weighted by Crippen LogP contribution is 2.27. The molecule has 0 aromatic heterocycles. The first-order chi connectivity index (χ1) is 9.47.